The van der Waals surface area contributed by atoms with Crippen LogP contribution in [0, 0.1) is 0 Å². The van der Waals surface area contributed by atoms with Crippen LogP contribution in [0.25, 0.3) is 0 Å². The summed E-state index contributed by atoms with van der Waals surface area (Å²) in [4.78, 5) is 11.8. The Bertz CT molecular complexity index is 406. The summed E-state index contributed by atoms with van der Waals surface area (Å²) in [6.07, 6.45) is 4.79. The van der Waals surface area contributed by atoms with Gasteiger partial charge in [0, 0.05) is 36.9 Å². The SMILES string of the molecule is CCc1cc(C2CC2)nc(N2CCCNCC2)n1. The van der Waals surface area contributed by atoms with Crippen LogP contribution in [0.4, 0.5) is 5.95 Å². The highest BCUT2D eigenvalue weighted by Crippen LogP contribution is 2.39. The quantitative estimate of drug-likeness (QED) is 0.881. The van der Waals surface area contributed by atoms with Gasteiger partial charge < -0.3 is 10.2 Å². The maximum atomic E-state index is 4.80. The van der Waals surface area contributed by atoms with E-state index < -0.39 is 0 Å². The van der Waals surface area contributed by atoms with Crippen molar-refractivity contribution in [3.63, 3.8) is 0 Å². The van der Waals surface area contributed by atoms with Gasteiger partial charge in [-0.25, -0.2) is 9.97 Å². The lowest BCUT2D eigenvalue weighted by Crippen LogP contribution is -2.30. The fraction of sp³-hybridized carbons (Fsp3) is 0.714. The molecule has 98 valence electrons. The van der Waals surface area contributed by atoms with Gasteiger partial charge >= 0.3 is 0 Å². The summed E-state index contributed by atoms with van der Waals surface area (Å²) in [6.45, 7) is 6.42. The van der Waals surface area contributed by atoms with E-state index in [9.17, 15) is 0 Å². The molecule has 0 amide bonds. The Kier molecular flexibility index (Phi) is 3.46. The fourth-order valence-electron chi connectivity index (χ4n) is 2.46. The Balaban J connectivity index is 1.86. The molecule has 3 rings (SSSR count). The minimum atomic E-state index is 0.710. The van der Waals surface area contributed by atoms with E-state index in [0.717, 1.165) is 38.5 Å². The summed E-state index contributed by atoms with van der Waals surface area (Å²) < 4.78 is 0. The minimum absolute atomic E-state index is 0.710. The molecule has 1 saturated carbocycles. The molecule has 0 aromatic carbocycles. The summed E-state index contributed by atoms with van der Waals surface area (Å²) in [7, 11) is 0. The van der Waals surface area contributed by atoms with Crippen LogP contribution >= 0.6 is 0 Å². The average molecular weight is 246 g/mol. The first kappa shape index (κ1) is 11.9. The molecule has 4 heteroatoms. The number of anilines is 1. The number of nitrogens with zero attached hydrogens (tertiary/aromatic N) is 3. The van der Waals surface area contributed by atoms with E-state index in [4.69, 9.17) is 9.97 Å². The average Bonchev–Trinajstić information content (AvgIpc) is 3.24. The standard InChI is InChI=1S/C14H22N4/c1-2-12-10-13(11-4-5-11)17-14(16-12)18-8-3-6-15-7-9-18/h10-11,15H,2-9H2,1H3. The van der Waals surface area contributed by atoms with Gasteiger partial charge in [-0.3, -0.25) is 0 Å². The zero-order valence-electron chi connectivity index (χ0n) is 11.2. The number of hydrogen-bond acceptors (Lipinski definition) is 4. The maximum Gasteiger partial charge on any atom is 0.225 e. The van der Waals surface area contributed by atoms with Crippen molar-refractivity contribution >= 4 is 5.95 Å². The zero-order chi connectivity index (χ0) is 12.4. The monoisotopic (exact) mass is 246 g/mol. The van der Waals surface area contributed by atoms with E-state index in [1.807, 2.05) is 0 Å². The van der Waals surface area contributed by atoms with Gasteiger partial charge in [0.15, 0.2) is 0 Å². The van der Waals surface area contributed by atoms with Crippen LogP contribution in [0.3, 0.4) is 0 Å². The Morgan fingerprint density at radius 3 is 2.94 bits per heavy atom. The summed E-state index contributed by atoms with van der Waals surface area (Å²) in [5.41, 5.74) is 2.47. The van der Waals surface area contributed by atoms with Crippen molar-refractivity contribution in [2.24, 2.45) is 0 Å². The molecule has 2 heterocycles. The van der Waals surface area contributed by atoms with E-state index in [0.29, 0.717) is 5.92 Å². The highest BCUT2D eigenvalue weighted by molar-refractivity contribution is 5.34. The smallest absolute Gasteiger partial charge is 0.225 e. The van der Waals surface area contributed by atoms with Crippen molar-refractivity contribution in [1.82, 2.24) is 15.3 Å². The molecule has 1 aromatic heterocycles. The topological polar surface area (TPSA) is 41.1 Å². The maximum absolute atomic E-state index is 4.80. The molecule has 18 heavy (non-hydrogen) atoms. The number of aryl methyl sites for hydroxylation is 1. The third-order valence-corrected chi connectivity index (χ3v) is 3.77. The van der Waals surface area contributed by atoms with E-state index in [2.05, 4.69) is 23.2 Å². The summed E-state index contributed by atoms with van der Waals surface area (Å²) in [6, 6.07) is 2.21. The third-order valence-electron chi connectivity index (χ3n) is 3.77. The van der Waals surface area contributed by atoms with Gasteiger partial charge in [0.25, 0.3) is 0 Å². The molecule has 1 N–H and O–H groups in total. The fourth-order valence-corrected chi connectivity index (χ4v) is 2.46. The predicted molar refractivity (Wildman–Crippen MR) is 73.1 cm³/mol. The van der Waals surface area contributed by atoms with E-state index in [-0.39, 0.29) is 0 Å². The number of rotatable bonds is 3. The molecule has 1 aliphatic heterocycles. The van der Waals surface area contributed by atoms with Crippen molar-refractivity contribution in [3.8, 4) is 0 Å². The number of hydrogen-bond donors (Lipinski definition) is 1. The molecular weight excluding hydrogens is 224 g/mol. The van der Waals surface area contributed by atoms with Gasteiger partial charge in [0.2, 0.25) is 5.95 Å². The molecular formula is C14H22N4. The Morgan fingerprint density at radius 1 is 1.28 bits per heavy atom. The van der Waals surface area contributed by atoms with E-state index in [1.165, 1.54) is 30.7 Å². The van der Waals surface area contributed by atoms with Crippen molar-refractivity contribution in [2.75, 3.05) is 31.1 Å². The van der Waals surface area contributed by atoms with Gasteiger partial charge in [-0.1, -0.05) is 6.92 Å². The molecule has 1 saturated heterocycles. The van der Waals surface area contributed by atoms with E-state index >= 15 is 0 Å². The molecule has 1 aliphatic carbocycles. The molecule has 0 spiro atoms. The van der Waals surface area contributed by atoms with Crippen LogP contribution < -0.4 is 10.2 Å². The lowest BCUT2D eigenvalue weighted by molar-refractivity contribution is 0.724. The summed E-state index contributed by atoms with van der Waals surface area (Å²) in [5.74, 6) is 1.67. The number of nitrogens with one attached hydrogen (secondary N) is 1. The van der Waals surface area contributed by atoms with Crippen LogP contribution in [0.5, 0.6) is 0 Å². The van der Waals surface area contributed by atoms with Crippen LogP contribution in [0.2, 0.25) is 0 Å². The molecule has 1 aromatic rings. The Morgan fingerprint density at radius 2 is 2.17 bits per heavy atom. The molecule has 4 nitrogen and oxygen atoms in total. The first-order valence-electron chi connectivity index (χ1n) is 7.20. The molecule has 0 unspecified atom stereocenters. The first-order valence-corrected chi connectivity index (χ1v) is 7.20. The number of aromatic nitrogens is 2. The van der Waals surface area contributed by atoms with Crippen molar-refractivity contribution in [1.29, 1.82) is 0 Å². The first-order chi connectivity index (χ1) is 8.86. The largest absolute Gasteiger partial charge is 0.339 e. The van der Waals surface area contributed by atoms with Gasteiger partial charge in [-0.05, 0) is 38.3 Å². The Hall–Kier alpha value is -1.16. The predicted octanol–water partition coefficient (Wildman–Crippen LogP) is 1.72. The van der Waals surface area contributed by atoms with Crippen LogP contribution in [0.1, 0.15) is 43.5 Å². The van der Waals surface area contributed by atoms with Crippen LogP contribution in [-0.4, -0.2) is 36.1 Å². The second kappa shape index (κ2) is 5.22. The molecule has 2 aliphatic rings. The van der Waals surface area contributed by atoms with Crippen LogP contribution in [0.15, 0.2) is 6.07 Å². The van der Waals surface area contributed by atoms with Crippen molar-refractivity contribution < 1.29 is 0 Å². The summed E-state index contributed by atoms with van der Waals surface area (Å²) in [5, 5.41) is 3.43. The molecule has 0 atom stereocenters. The van der Waals surface area contributed by atoms with Gasteiger partial charge in [0.1, 0.15) is 0 Å². The zero-order valence-corrected chi connectivity index (χ0v) is 11.2. The molecule has 0 bridgehead atoms. The molecule has 0 radical (unpaired) electrons. The van der Waals surface area contributed by atoms with Gasteiger partial charge in [-0.15, -0.1) is 0 Å². The van der Waals surface area contributed by atoms with Gasteiger partial charge in [-0.2, -0.15) is 0 Å². The van der Waals surface area contributed by atoms with Crippen molar-refractivity contribution in [3.05, 3.63) is 17.5 Å². The van der Waals surface area contributed by atoms with E-state index in [1.54, 1.807) is 0 Å². The van der Waals surface area contributed by atoms with Gasteiger partial charge in [0.05, 0.1) is 0 Å². The second-order valence-corrected chi connectivity index (χ2v) is 5.30. The lowest BCUT2D eigenvalue weighted by atomic mass is 10.2. The highest BCUT2D eigenvalue weighted by atomic mass is 15.3. The highest BCUT2D eigenvalue weighted by Gasteiger charge is 2.26. The van der Waals surface area contributed by atoms with Crippen molar-refractivity contribution in [2.45, 2.75) is 38.5 Å². The lowest BCUT2D eigenvalue weighted by Gasteiger charge is -2.21. The summed E-state index contributed by atoms with van der Waals surface area (Å²) >= 11 is 0. The minimum Gasteiger partial charge on any atom is -0.339 e. The molecule has 2 fully saturated rings. The third kappa shape index (κ3) is 2.64. The normalized spacial score (nSPS) is 20.8. The second-order valence-electron chi connectivity index (χ2n) is 5.30. The Labute approximate surface area is 109 Å². The van der Waals surface area contributed by atoms with Crippen LogP contribution in [-0.2, 0) is 6.42 Å².